The quantitative estimate of drug-likeness (QED) is 0.388. The van der Waals surface area contributed by atoms with Crippen LogP contribution in [-0.4, -0.2) is 25.9 Å². The molecule has 0 unspecified atom stereocenters. The first-order chi connectivity index (χ1) is 11.9. The molecule has 0 aliphatic carbocycles. The predicted octanol–water partition coefficient (Wildman–Crippen LogP) is 4.00. The van der Waals surface area contributed by atoms with Crippen LogP contribution >= 0.6 is 11.8 Å². The standard InChI is InChI=1S/C17H14N4O2S/c1-2-5-14-13(4-1)19-17(22-14)24-11-3-6-15-20-16(21-23-15)12-7-9-18-10-8-12/h1-2,4-5,7-10H,3,6,11H2. The largest absolute Gasteiger partial charge is 0.431 e. The van der Waals surface area contributed by atoms with E-state index in [1.54, 1.807) is 24.2 Å². The van der Waals surface area contributed by atoms with Gasteiger partial charge in [-0.3, -0.25) is 4.98 Å². The zero-order valence-corrected chi connectivity index (χ0v) is 13.6. The molecule has 3 heterocycles. The highest BCUT2D eigenvalue weighted by Crippen LogP contribution is 2.24. The molecule has 6 nitrogen and oxygen atoms in total. The van der Waals surface area contributed by atoms with E-state index < -0.39 is 0 Å². The van der Waals surface area contributed by atoms with E-state index in [1.165, 1.54) is 0 Å². The monoisotopic (exact) mass is 338 g/mol. The number of hydrogen-bond donors (Lipinski definition) is 0. The maximum atomic E-state index is 5.68. The van der Waals surface area contributed by atoms with E-state index in [0.29, 0.717) is 16.9 Å². The van der Waals surface area contributed by atoms with Crippen molar-refractivity contribution in [2.75, 3.05) is 5.75 Å². The summed E-state index contributed by atoms with van der Waals surface area (Å²) in [7, 11) is 0. The summed E-state index contributed by atoms with van der Waals surface area (Å²) in [5.41, 5.74) is 2.61. The molecule has 0 aliphatic heterocycles. The molecule has 0 spiro atoms. The third kappa shape index (κ3) is 3.30. The van der Waals surface area contributed by atoms with Crippen LogP contribution in [0, 0.1) is 0 Å². The molecule has 0 N–H and O–H groups in total. The van der Waals surface area contributed by atoms with Gasteiger partial charge in [0, 0.05) is 30.1 Å². The van der Waals surface area contributed by atoms with Crippen LogP contribution in [-0.2, 0) is 6.42 Å². The number of hydrogen-bond acceptors (Lipinski definition) is 7. The Morgan fingerprint density at radius 3 is 2.75 bits per heavy atom. The van der Waals surface area contributed by atoms with E-state index in [9.17, 15) is 0 Å². The van der Waals surface area contributed by atoms with E-state index in [0.717, 1.165) is 35.3 Å². The summed E-state index contributed by atoms with van der Waals surface area (Å²) in [4.78, 5) is 12.8. The molecule has 24 heavy (non-hydrogen) atoms. The molecule has 0 fully saturated rings. The highest BCUT2D eigenvalue weighted by Gasteiger charge is 2.09. The lowest BCUT2D eigenvalue weighted by atomic mass is 10.2. The van der Waals surface area contributed by atoms with Gasteiger partial charge >= 0.3 is 0 Å². The van der Waals surface area contributed by atoms with Crippen LogP contribution in [0.1, 0.15) is 12.3 Å². The van der Waals surface area contributed by atoms with Crippen molar-refractivity contribution in [3.63, 3.8) is 0 Å². The Morgan fingerprint density at radius 1 is 1.00 bits per heavy atom. The van der Waals surface area contributed by atoms with Gasteiger partial charge in [-0.05, 0) is 30.7 Å². The first-order valence-corrected chi connectivity index (χ1v) is 8.58. The zero-order chi connectivity index (χ0) is 16.2. The van der Waals surface area contributed by atoms with Crippen molar-refractivity contribution in [3.05, 3.63) is 54.7 Å². The maximum absolute atomic E-state index is 5.68. The van der Waals surface area contributed by atoms with Crippen LogP contribution in [0.3, 0.4) is 0 Å². The fourth-order valence-corrected chi connectivity index (χ4v) is 3.05. The fraction of sp³-hybridized carbons (Fsp3) is 0.176. The summed E-state index contributed by atoms with van der Waals surface area (Å²) in [5.74, 6) is 2.11. The molecular formula is C17H14N4O2S. The van der Waals surface area contributed by atoms with Gasteiger partial charge in [-0.1, -0.05) is 29.1 Å². The summed E-state index contributed by atoms with van der Waals surface area (Å²) < 4.78 is 11.0. The molecule has 0 atom stereocenters. The van der Waals surface area contributed by atoms with E-state index in [-0.39, 0.29) is 0 Å². The second kappa shape index (κ2) is 6.84. The van der Waals surface area contributed by atoms with Crippen molar-refractivity contribution in [2.45, 2.75) is 18.1 Å². The van der Waals surface area contributed by atoms with Crippen molar-refractivity contribution in [1.29, 1.82) is 0 Å². The molecule has 0 aliphatic rings. The molecule has 0 saturated heterocycles. The third-order valence-electron chi connectivity index (χ3n) is 3.44. The SMILES string of the molecule is c1ccc2oc(SCCCc3nc(-c4ccncc4)no3)nc2c1. The minimum Gasteiger partial charge on any atom is -0.431 e. The van der Waals surface area contributed by atoms with Crippen LogP contribution in [0.2, 0.25) is 0 Å². The van der Waals surface area contributed by atoms with Gasteiger partial charge in [-0.15, -0.1) is 0 Å². The second-order valence-electron chi connectivity index (χ2n) is 5.15. The van der Waals surface area contributed by atoms with Gasteiger partial charge in [0.1, 0.15) is 5.52 Å². The average molecular weight is 338 g/mol. The number of oxazole rings is 1. The Morgan fingerprint density at radius 2 is 1.88 bits per heavy atom. The summed E-state index contributed by atoms with van der Waals surface area (Å²) >= 11 is 1.59. The molecule has 0 saturated carbocycles. The number of thioether (sulfide) groups is 1. The molecule has 3 aromatic heterocycles. The zero-order valence-electron chi connectivity index (χ0n) is 12.8. The van der Waals surface area contributed by atoms with Crippen LogP contribution in [0.15, 0.2) is 63.0 Å². The topological polar surface area (TPSA) is 77.8 Å². The smallest absolute Gasteiger partial charge is 0.256 e. The number of rotatable bonds is 6. The van der Waals surface area contributed by atoms with E-state index >= 15 is 0 Å². The van der Waals surface area contributed by atoms with Crippen LogP contribution in [0.5, 0.6) is 0 Å². The molecule has 4 aromatic rings. The number of para-hydroxylation sites is 2. The van der Waals surface area contributed by atoms with Crippen LogP contribution in [0.25, 0.3) is 22.5 Å². The van der Waals surface area contributed by atoms with Crippen molar-refractivity contribution < 1.29 is 8.94 Å². The highest BCUT2D eigenvalue weighted by atomic mass is 32.2. The summed E-state index contributed by atoms with van der Waals surface area (Å²) in [6.07, 6.45) is 5.05. The Bertz CT molecular complexity index is 903. The molecule has 0 amide bonds. The lowest BCUT2D eigenvalue weighted by Crippen LogP contribution is -1.88. The molecular weight excluding hydrogens is 324 g/mol. The highest BCUT2D eigenvalue weighted by molar-refractivity contribution is 7.99. The van der Waals surface area contributed by atoms with Gasteiger partial charge in [0.15, 0.2) is 5.58 Å². The Hall–Kier alpha value is -2.67. The lowest BCUT2D eigenvalue weighted by molar-refractivity contribution is 0.378. The minimum atomic E-state index is 0.596. The Kier molecular flexibility index (Phi) is 4.24. The second-order valence-corrected chi connectivity index (χ2v) is 6.19. The van der Waals surface area contributed by atoms with Crippen molar-refractivity contribution in [3.8, 4) is 11.4 Å². The van der Waals surface area contributed by atoms with E-state index in [4.69, 9.17) is 8.94 Å². The maximum Gasteiger partial charge on any atom is 0.256 e. The number of nitrogens with zero attached hydrogens (tertiary/aromatic N) is 4. The van der Waals surface area contributed by atoms with Crippen molar-refractivity contribution >= 4 is 22.9 Å². The predicted molar refractivity (Wildman–Crippen MR) is 90.6 cm³/mol. The molecule has 1 aromatic carbocycles. The number of benzene rings is 1. The molecule has 0 bridgehead atoms. The summed E-state index contributed by atoms with van der Waals surface area (Å²) in [6, 6.07) is 11.5. The van der Waals surface area contributed by atoms with Gasteiger partial charge < -0.3 is 8.94 Å². The van der Waals surface area contributed by atoms with E-state index in [2.05, 4.69) is 20.1 Å². The van der Waals surface area contributed by atoms with Crippen LogP contribution in [0.4, 0.5) is 0 Å². The minimum absolute atomic E-state index is 0.596. The molecule has 120 valence electrons. The lowest BCUT2D eigenvalue weighted by Gasteiger charge is -1.94. The Balaban J connectivity index is 1.30. The summed E-state index contributed by atoms with van der Waals surface area (Å²) in [6.45, 7) is 0. The van der Waals surface area contributed by atoms with Crippen molar-refractivity contribution in [1.82, 2.24) is 20.1 Å². The van der Waals surface area contributed by atoms with E-state index in [1.807, 2.05) is 36.4 Å². The summed E-state index contributed by atoms with van der Waals surface area (Å²) in [5, 5.41) is 4.69. The number of aryl methyl sites for hydroxylation is 1. The van der Waals surface area contributed by atoms with Gasteiger partial charge in [0.2, 0.25) is 11.7 Å². The molecule has 4 rings (SSSR count). The first kappa shape index (κ1) is 14.9. The number of fused-ring (bicyclic) bond motifs is 1. The first-order valence-electron chi connectivity index (χ1n) is 7.60. The average Bonchev–Trinajstić information content (AvgIpc) is 3.26. The molecule has 0 radical (unpaired) electrons. The van der Waals surface area contributed by atoms with Gasteiger partial charge in [0.25, 0.3) is 5.22 Å². The fourth-order valence-electron chi connectivity index (χ4n) is 2.27. The number of aromatic nitrogens is 4. The third-order valence-corrected chi connectivity index (χ3v) is 4.36. The Labute approximate surface area is 142 Å². The normalized spacial score (nSPS) is 11.2. The van der Waals surface area contributed by atoms with Crippen LogP contribution < -0.4 is 0 Å². The van der Waals surface area contributed by atoms with Gasteiger partial charge in [0.05, 0.1) is 0 Å². The molecule has 7 heteroatoms. The van der Waals surface area contributed by atoms with Gasteiger partial charge in [-0.2, -0.15) is 4.98 Å². The van der Waals surface area contributed by atoms with Gasteiger partial charge in [-0.25, -0.2) is 4.98 Å². The van der Waals surface area contributed by atoms with Crippen molar-refractivity contribution in [2.24, 2.45) is 0 Å². The number of pyridine rings is 1.